The molecule has 1 aromatic carbocycles. The highest BCUT2D eigenvalue weighted by Crippen LogP contribution is 2.45. The highest BCUT2D eigenvalue weighted by Gasteiger charge is 2.42. The predicted molar refractivity (Wildman–Crippen MR) is 65.3 cm³/mol. The van der Waals surface area contributed by atoms with Gasteiger partial charge in [0.15, 0.2) is 0 Å². The predicted octanol–water partition coefficient (Wildman–Crippen LogP) is 2.26. The van der Waals surface area contributed by atoms with Gasteiger partial charge >= 0.3 is 0 Å². The van der Waals surface area contributed by atoms with E-state index < -0.39 is 0 Å². The lowest BCUT2D eigenvalue weighted by Crippen LogP contribution is -2.32. The van der Waals surface area contributed by atoms with Crippen LogP contribution < -0.4 is 10.2 Å². The van der Waals surface area contributed by atoms with Crippen molar-refractivity contribution in [3.63, 3.8) is 0 Å². The fourth-order valence-electron chi connectivity index (χ4n) is 2.23. The summed E-state index contributed by atoms with van der Waals surface area (Å²) in [6.07, 6.45) is 2.58. The van der Waals surface area contributed by atoms with Gasteiger partial charge in [0, 0.05) is 31.2 Å². The number of nitrogens with one attached hydrogen (secondary N) is 1. The molecule has 0 heterocycles. The van der Waals surface area contributed by atoms with Gasteiger partial charge in [-0.25, -0.2) is 4.39 Å². The maximum atomic E-state index is 12.8. The molecule has 3 heteroatoms. The van der Waals surface area contributed by atoms with E-state index in [1.807, 2.05) is 19.2 Å². The van der Waals surface area contributed by atoms with E-state index in [1.54, 1.807) is 0 Å². The van der Waals surface area contributed by atoms with Crippen molar-refractivity contribution in [2.24, 2.45) is 5.41 Å². The number of hydrogen-bond donors (Lipinski definition) is 1. The Bertz CT molecular complexity index is 343. The Kier molecular flexibility index (Phi) is 3.15. The molecule has 88 valence electrons. The molecule has 1 aliphatic carbocycles. The van der Waals surface area contributed by atoms with Crippen LogP contribution in [-0.4, -0.2) is 27.2 Å². The normalized spacial score (nSPS) is 17.2. The lowest BCUT2D eigenvalue weighted by atomic mass is 10.1. The molecule has 0 unspecified atom stereocenters. The molecule has 2 nitrogen and oxygen atoms in total. The van der Waals surface area contributed by atoms with Crippen molar-refractivity contribution in [2.45, 2.75) is 12.8 Å². The minimum Gasteiger partial charge on any atom is -0.374 e. The summed E-state index contributed by atoms with van der Waals surface area (Å²) in [6.45, 7) is 2.11. The molecule has 2 rings (SSSR count). The smallest absolute Gasteiger partial charge is 0.123 e. The van der Waals surface area contributed by atoms with Crippen molar-refractivity contribution in [2.75, 3.05) is 32.1 Å². The van der Waals surface area contributed by atoms with Crippen molar-refractivity contribution >= 4 is 5.69 Å². The summed E-state index contributed by atoms with van der Waals surface area (Å²) in [5.41, 5.74) is 1.53. The summed E-state index contributed by atoms with van der Waals surface area (Å²) in [5.74, 6) is -0.173. The molecule has 1 aliphatic rings. The molecule has 16 heavy (non-hydrogen) atoms. The van der Waals surface area contributed by atoms with Crippen LogP contribution in [-0.2, 0) is 0 Å². The van der Waals surface area contributed by atoms with Gasteiger partial charge in [0.2, 0.25) is 0 Å². The van der Waals surface area contributed by atoms with Crippen LogP contribution in [0.5, 0.6) is 0 Å². The van der Waals surface area contributed by atoms with Crippen LogP contribution >= 0.6 is 0 Å². The van der Waals surface area contributed by atoms with Gasteiger partial charge in [-0.2, -0.15) is 0 Å². The van der Waals surface area contributed by atoms with E-state index in [9.17, 15) is 4.39 Å². The molecule has 0 radical (unpaired) electrons. The fourth-order valence-corrected chi connectivity index (χ4v) is 2.23. The molecule has 0 amide bonds. The zero-order valence-corrected chi connectivity index (χ0v) is 9.96. The minimum atomic E-state index is -0.173. The van der Waals surface area contributed by atoms with E-state index in [4.69, 9.17) is 0 Å². The van der Waals surface area contributed by atoms with Crippen LogP contribution in [0.15, 0.2) is 24.3 Å². The number of benzene rings is 1. The summed E-state index contributed by atoms with van der Waals surface area (Å²) in [7, 11) is 4.07. The van der Waals surface area contributed by atoms with Gasteiger partial charge in [-0.3, -0.25) is 0 Å². The second-order valence-electron chi connectivity index (χ2n) is 4.86. The average molecular weight is 222 g/mol. The third-order valence-electron chi connectivity index (χ3n) is 3.35. The highest BCUT2D eigenvalue weighted by atomic mass is 19.1. The van der Waals surface area contributed by atoms with Crippen molar-refractivity contribution in [1.82, 2.24) is 5.32 Å². The van der Waals surface area contributed by atoms with Crippen LogP contribution in [0, 0.1) is 11.2 Å². The van der Waals surface area contributed by atoms with Gasteiger partial charge in [0.05, 0.1) is 0 Å². The van der Waals surface area contributed by atoms with Gasteiger partial charge in [0.1, 0.15) is 5.82 Å². The average Bonchev–Trinajstić information content (AvgIpc) is 2.99. The zero-order valence-electron chi connectivity index (χ0n) is 9.96. The lowest BCUT2D eigenvalue weighted by Gasteiger charge is -2.25. The molecular formula is C13H19FN2. The molecule has 1 fully saturated rings. The van der Waals surface area contributed by atoms with Gasteiger partial charge in [-0.05, 0) is 44.2 Å². The van der Waals surface area contributed by atoms with E-state index >= 15 is 0 Å². The summed E-state index contributed by atoms with van der Waals surface area (Å²) >= 11 is 0. The molecule has 0 spiro atoms. The number of halogens is 1. The Balaban J connectivity index is 1.97. The van der Waals surface area contributed by atoms with Crippen LogP contribution in [0.25, 0.3) is 0 Å². The maximum Gasteiger partial charge on any atom is 0.123 e. The third-order valence-corrected chi connectivity index (χ3v) is 3.35. The first-order chi connectivity index (χ1) is 7.65. The molecule has 0 saturated heterocycles. The first kappa shape index (κ1) is 11.4. The second kappa shape index (κ2) is 4.42. The summed E-state index contributed by atoms with van der Waals surface area (Å²) in [4.78, 5) is 2.21. The summed E-state index contributed by atoms with van der Waals surface area (Å²) < 4.78 is 12.8. The van der Waals surface area contributed by atoms with E-state index in [2.05, 4.69) is 17.3 Å². The van der Waals surface area contributed by atoms with Crippen molar-refractivity contribution in [3.8, 4) is 0 Å². The largest absolute Gasteiger partial charge is 0.374 e. The van der Waals surface area contributed by atoms with Crippen LogP contribution in [0.2, 0.25) is 0 Å². The Labute approximate surface area is 96.5 Å². The Morgan fingerprint density at radius 2 is 1.94 bits per heavy atom. The molecule has 1 saturated carbocycles. The first-order valence-electron chi connectivity index (χ1n) is 5.77. The van der Waals surface area contributed by atoms with E-state index in [1.165, 1.54) is 25.0 Å². The number of nitrogens with zero attached hydrogens (tertiary/aromatic N) is 1. The number of rotatable bonds is 5. The van der Waals surface area contributed by atoms with Crippen LogP contribution in [0.4, 0.5) is 10.1 Å². The molecule has 0 aliphatic heterocycles. The molecule has 1 aromatic rings. The summed E-state index contributed by atoms with van der Waals surface area (Å²) in [6, 6.07) is 6.71. The Morgan fingerprint density at radius 1 is 1.31 bits per heavy atom. The minimum absolute atomic E-state index is 0.173. The number of anilines is 1. The molecule has 1 N–H and O–H groups in total. The SMILES string of the molecule is CNCC1(CN(C)c2ccc(F)cc2)CC1. The van der Waals surface area contributed by atoms with Gasteiger partial charge in [-0.15, -0.1) is 0 Å². The maximum absolute atomic E-state index is 12.8. The van der Waals surface area contributed by atoms with Crippen molar-refractivity contribution in [1.29, 1.82) is 0 Å². The molecule has 0 atom stereocenters. The van der Waals surface area contributed by atoms with E-state index in [-0.39, 0.29) is 5.82 Å². The molecule has 0 bridgehead atoms. The lowest BCUT2D eigenvalue weighted by molar-refractivity contribution is 0.482. The Hall–Kier alpha value is -1.09. The zero-order chi connectivity index (χ0) is 11.6. The van der Waals surface area contributed by atoms with Crippen LogP contribution in [0.1, 0.15) is 12.8 Å². The Morgan fingerprint density at radius 3 is 2.44 bits per heavy atom. The number of hydrogen-bond acceptors (Lipinski definition) is 2. The monoisotopic (exact) mass is 222 g/mol. The van der Waals surface area contributed by atoms with Crippen molar-refractivity contribution < 1.29 is 4.39 Å². The first-order valence-corrected chi connectivity index (χ1v) is 5.77. The quantitative estimate of drug-likeness (QED) is 0.822. The topological polar surface area (TPSA) is 15.3 Å². The fraction of sp³-hybridized carbons (Fsp3) is 0.538. The van der Waals surface area contributed by atoms with Crippen molar-refractivity contribution in [3.05, 3.63) is 30.1 Å². The van der Waals surface area contributed by atoms with Crippen LogP contribution in [0.3, 0.4) is 0 Å². The van der Waals surface area contributed by atoms with E-state index in [0.29, 0.717) is 5.41 Å². The van der Waals surface area contributed by atoms with E-state index in [0.717, 1.165) is 18.8 Å². The molecule has 0 aromatic heterocycles. The second-order valence-corrected chi connectivity index (χ2v) is 4.86. The highest BCUT2D eigenvalue weighted by molar-refractivity contribution is 5.45. The van der Waals surface area contributed by atoms with Gasteiger partial charge in [0.25, 0.3) is 0 Å². The summed E-state index contributed by atoms with van der Waals surface area (Å²) in [5, 5.41) is 3.25. The van der Waals surface area contributed by atoms with Gasteiger partial charge in [-0.1, -0.05) is 0 Å². The molecular weight excluding hydrogens is 203 g/mol. The third kappa shape index (κ3) is 2.53. The van der Waals surface area contributed by atoms with Gasteiger partial charge < -0.3 is 10.2 Å². The standard InChI is InChI=1S/C13H19FN2/c1-15-9-13(7-8-13)10-16(2)12-5-3-11(14)4-6-12/h3-6,15H,7-10H2,1-2H3.